The largest absolute Gasteiger partial charge is 0.335 e. The number of pyridine rings is 1. The van der Waals surface area contributed by atoms with Crippen LogP contribution in [0.5, 0.6) is 0 Å². The molecule has 5 aromatic rings. The van der Waals surface area contributed by atoms with Gasteiger partial charge in [0.05, 0.1) is 28.8 Å². The lowest BCUT2D eigenvalue weighted by Crippen LogP contribution is -2.16. The van der Waals surface area contributed by atoms with Crippen molar-refractivity contribution in [3.05, 3.63) is 77.9 Å². The molecule has 1 saturated carbocycles. The average Bonchev–Trinajstić information content (AvgIpc) is 3.22. The first kappa shape index (κ1) is 18.4. The molecule has 2 aliphatic rings. The van der Waals surface area contributed by atoms with Gasteiger partial charge in [-0.1, -0.05) is 23.8 Å². The second kappa shape index (κ2) is 6.45. The van der Waals surface area contributed by atoms with Gasteiger partial charge in [0.1, 0.15) is 11.5 Å². The Kier molecular flexibility index (Phi) is 3.60. The van der Waals surface area contributed by atoms with E-state index in [-0.39, 0.29) is 11.2 Å². The molecule has 7 heteroatoms. The lowest BCUT2D eigenvalue weighted by molar-refractivity contribution is 0.628. The van der Waals surface area contributed by atoms with Gasteiger partial charge in [0.25, 0.3) is 0 Å². The Hall–Kier alpha value is -4.13. The van der Waals surface area contributed by atoms with E-state index in [0.717, 1.165) is 45.2 Å². The molecule has 0 bridgehead atoms. The van der Waals surface area contributed by atoms with Gasteiger partial charge in [0.2, 0.25) is 0 Å². The summed E-state index contributed by atoms with van der Waals surface area (Å²) < 4.78 is 13.4. The zero-order valence-electron chi connectivity index (χ0n) is 17.8. The topological polar surface area (TPSA) is 82.6 Å². The van der Waals surface area contributed by atoms with Crippen molar-refractivity contribution in [1.29, 1.82) is 0 Å². The molecule has 4 heterocycles. The lowest BCUT2D eigenvalue weighted by atomic mass is 9.86. The fraction of sp³-hybridized carbons (Fsp3) is 0.154. The third-order valence-corrected chi connectivity index (χ3v) is 7.07. The number of nitrogens with zero attached hydrogens (tertiary/aromatic N) is 4. The Balaban J connectivity index is 1.37. The zero-order chi connectivity index (χ0) is 22.2. The summed E-state index contributed by atoms with van der Waals surface area (Å²) in [4.78, 5) is 17.3. The van der Waals surface area contributed by atoms with Crippen LogP contribution in [0.3, 0.4) is 0 Å². The van der Waals surface area contributed by atoms with E-state index in [1.165, 1.54) is 23.3 Å². The quantitative estimate of drug-likeness (QED) is 0.402. The molecule has 6 nitrogen and oxygen atoms in total. The summed E-state index contributed by atoms with van der Waals surface area (Å²) in [6, 6.07) is 13.2. The first-order valence-electron chi connectivity index (χ1n) is 10.9. The fourth-order valence-corrected chi connectivity index (χ4v) is 5.15. The van der Waals surface area contributed by atoms with Crippen molar-refractivity contribution in [2.75, 3.05) is 0 Å². The van der Waals surface area contributed by atoms with Gasteiger partial charge >= 0.3 is 0 Å². The smallest absolute Gasteiger partial charge is 0.159 e. The molecule has 0 radical (unpaired) electrons. The molecule has 2 atom stereocenters. The van der Waals surface area contributed by atoms with Crippen LogP contribution >= 0.6 is 0 Å². The Labute approximate surface area is 188 Å². The number of aromatic amines is 2. The minimum absolute atomic E-state index is 0.00499. The third-order valence-electron chi connectivity index (χ3n) is 7.07. The molecule has 2 aromatic carbocycles. The minimum atomic E-state index is -0.272. The van der Waals surface area contributed by atoms with E-state index < -0.39 is 0 Å². The Morgan fingerprint density at radius 1 is 1.06 bits per heavy atom. The van der Waals surface area contributed by atoms with Gasteiger partial charge in [0.15, 0.2) is 5.82 Å². The number of rotatable bonds is 3. The first-order valence-corrected chi connectivity index (χ1v) is 10.9. The highest BCUT2D eigenvalue weighted by Crippen LogP contribution is 2.57. The number of hydrogen-bond donors (Lipinski definition) is 2. The van der Waals surface area contributed by atoms with Crippen molar-refractivity contribution >= 4 is 28.2 Å². The molecule has 1 fully saturated rings. The second-order valence-electron chi connectivity index (χ2n) is 8.85. The number of dihydropyridines is 1. The standard InChI is InChI=1S/C26H19FN6/c1-14-8-9-29-22-11-26(14,22)16-4-7-20-18(10-16)24(33-32-20)25-30-21-13-28-12-19(23(21)31-25)15-2-5-17(27)6-3-15/h2-10,12-13,22H,11H2,1H3,(H,30,31)(H,32,33). The predicted molar refractivity (Wildman–Crippen MR) is 127 cm³/mol. The number of imidazole rings is 1. The van der Waals surface area contributed by atoms with Crippen LogP contribution in [0.2, 0.25) is 0 Å². The molecule has 2 N–H and O–H groups in total. The van der Waals surface area contributed by atoms with Gasteiger partial charge in [-0.05, 0) is 54.8 Å². The van der Waals surface area contributed by atoms with Crippen molar-refractivity contribution in [1.82, 2.24) is 25.1 Å². The van der Waals surface area contributed by atoms with Gasteiger partial charge in [-0.25, -0.2) is 9.37 Å². The molecule has 0 saturated heterocycles. The van der Waals surface area contributed by atoms with Crippen molar-refractivity contribution < 1.29 is 4.39 Å². The second-order valence-corrected chi connectivity index (χ2v) is 8.85. The predicted octanol–water partition coefficient (Wildman–Crippen LogP) is 5.35. The number of allylic oxidation sites excluding steroid dienone is 1. The van der Waals surface area contributed by atoms with Crippen LogP contribution in [-0.2, 0) is 5.41 Å². The number of nitrogens with one attached hydrogen (secondary N) is 2. The summed E-state index contributed by atoms with van der Waals surface area (Å²) in [5.41, 5.74) is 7.63. The van der Waals surface area contributed by atoms with Crippen LogP contribution in [0.4, 0.5) is 4.39 Å². The van der Waals surface area contributed by atoms with Crippen molar-refractivity contribution in [2.45, 2.75) is 24.8 Å². The highest BCUT2D eigenvalue weighted by Gasteiger charge is 2.57. The zero-order valence-corrected chi connectivity index (χ0v) is 17.8. The van der Waals surface area contributed by atoms with Crippen LogP contribution in [-0.4, -0.2) is 37.4 Å². The maximum atomic E-state index is 13.4. The van der Waals surface area contributed by atoms with Gasteiger partial charge in [-0.2, -0.15) is 5.10 Å². The number of halogens is 1. The highest BCUT2D eigenvalue weighted by atomic mass is 19.1. The maximum absolute atomic E-state index is 13.4. The van der Waals surface area contributed by atoms with Gasteiger partial charge in [0, 0.05) is 28.8 Å². The Morgan fingerprint density at radius 3 is 2.79 bits per heavy atom. The average molecular weight is 434 g/mol. The molecular weight excluding hydrogens is 415 g/mol. The van der Waals surface area contributed by atoms with E-state index >= 15 is 0 Å². The van der Waals surface area contributed by atoms with E-state index in [1.54, 1.807) is 24.5 Å². The van der Waals surface area contributed by atoms with E-state index in [1.807, 2.05) is 6.21 Å². The third kappa shape index (κ3) is 2.59. The number of hydrogen-bond acceptors (Lipinski definition) is 4. The molecule has 0 spiro atoms. The number of benzene rings is 2. The van der Waals surface area contributed by atoms with Crippen molar-refractivity contribution in [3.63, 3.8) is 0 Å². The maximum Gasteiger partial charge on any atom is 0.159 e. The van der Waals surface area contributed by atoms with Crippen LogP contribution in [0.15, 0.2) is 71.5 Å². The first-order chi connectivity index (χ1) is 16.1. The fourth-order valence-electron chi connectivity index (χ4n) is 5.15. The molecule has 33 heavy (non-hydrogen) atoms. The number of H-pyrrole nitrogens is 2. The number of aliphatic imine (C=N–C) groups is 1. The highest BCUT2D eigenvalue weighted by molar-refractivity contribution is 5.97. The molecule has 0 amide bonds. The number of fused-ring (bicyclic) bond motifs is 3. The summed E-state index contributed by atoms with van der Waals surface area (Å²) in [5, 5.41) is 8.74. The van der Waals surface area contributed by atoms with Gasteiger partial charge < -0.3 is 4.98 Å². The summed E-state index contributed by atoms with van der Waals surface area (Å²) in [5.74, 6) is 0.398. The van der Waals surface area contributed by atoms with Crippen LogP contribution in [0.25, 0.3) is 44.6 Å². The van der Waals surface area contributed by atoms with Crippen LogP contribution in [0, 0.1) is 5.82 Å². The summed E-state index contributed by atoms with van der Waals surface area (Å²) >= 11 is 0. The molecule has 1 aliphatic heterocycles. The van der Waals surface area contributed by atoms with Crippen LogP contribution < -0.4 is 0 Å². The molecule has 2 unspecified atom stereocenters. The Morgan fingerprint density at radius 2 is 1.94 bits per heavy atom. The molecule has 3 aromatic heterocycles. The lowest BCUT2D eigenvalue weighted by Gasteiger charge is -2.20. The number of aromatic nitrogens is 5. The normalized spacial score (nSPS) is 21.4. The molecular formula is C26H19FN6. The minimum Gasteiger partial charge on any atom is -0.335 e. The van der Waals surface area contributed by atoms with Crippen molar-refractivity contribution in [2.24, 2.45) is 4.99 Å². The summed E-state index contributed by atoms with van der Waals surface area (Å²) in [6.07, 6.45) is 8.59. The summed E-state index contributed by atoms with van der Waals surface area (Å²) in [7, 11) is 0. The molecule has 1 aliphatic carbocycles. The summed E-state index contributed by atoms with van der Waals surface area (Å²) in [6.45, 7) is 2.19. The van der Waals surface area contributed by atoms with Gasteiger partial charge in [-0.3, -0.25) is 15.1 Å². The van der Waals surface area contributed by atoms with E-state index in [0.29, 0.717) is 11.9 Å². The van der Waals surface area contributed by atoms with E-state index in [4.69, 9.17) is 4.98 Å². The molecule has 160 valence electrons. The van der Waals surface area contributed by atoms with E-state index in [2.05, 4.69) is 56.4 Å². The van der Waals surface area contributed by atoms with Gasteiger partial charge in [-0.15, -0.1) is 0 Å². The monoisotopic (exact) mass is 434 g/mol. The SMILES string of the molecule is CC1=CC=NC2CC12c1ccc2[nH]nc(-c3nc4c(-c5ccc(F)cc5)cncc4[nH]3)c2c1. The molecule has 7 rings (SSSR count). The van der Waals surface area contributed by atoms with Crippen molar-refractivity contribution in [3.8, 4) is 22.6 Å². The van der Waals surface area contributed by atoms with Crippen LogP contribution in [0.1, 0.15) is 18.9 Å². The Bertz CT molecular complexity index is 1620. The van der Waals surface area contributed by atoms with E-state index in [9.17, 15) is 4.39 Å².